The zero-order valence-corrected chi connectivity index (χ0v) is 20.6. The first kappa shape index (κ1) is 22.8. The number of aryl methyl sites for hydroxylation is 1. The lowest BCUT2D eigenvalue weighted by molar-refractivity contribution is 0.312. The number of para-hydroxylation sites is 1. The van der Waals surface area contributed by atoms with Crippen LogP contribution in [0.4, 0.5) is 21.6 Å². The van der Waals surface area contributed by atoms with Crippen molar-refractivity contribution in [2.75, 3.05) is 74.5 Å². The molecule has 2 fully saturated rings. The maximum atomic E-state index is 14.1. The van der Waals surface area contributed by atoms with Crippen LogP contribution in [0.5, 0.6) is 0 Å². The maximum Gasteiger partial charge on any atom is 0.173 e. The molecule has 2 aliphatic rings. The van der Waals surface area contributed by atoms with Gasteiger partial charge in [0, 0.05) is 63.4 Å². The summed E-state index contributed by atoms with van der Waals surface area (Å²) in [6, 6.07) is 15.4. The molecule has 1 aromatic heterocycles. The Balaban J connectivity index is 1.24. The van der Waals surface area contributed by atoms with Crippen LogP contribution in [0.3, 0.4) is 0 Å². The Morgan fingerprint density at radius 2 is 1.62 bits per heavy atom. The van der Waals surface area contributed by atoms with Crippen LogP contribution in [0.15, 0.2) is 48.5 Å². The lowest BCUT2D eigenvalue weighted by Gasteiger charge is -2.37. The van der Waals surface area contributed by atoms with Gasteiger partial charge in [-0.2, -0.15) is 0 Å². The van der Waals surface area contributed by atoms with Crippen molar-refractivity contribution >= 4 is 45.4 Å². The predicted octanol–water partition coefficient (Wildman–Crippen LogP) is 3.95. The summed E-state index contributed by atoms with van der Waals surface area (Å²) in [6.07, 6.45) is 0. The van der Waals surface area contributed by atoms with Gasteiger partial charge < -0.3 is 24.9 Å². The van der Waals surface area contributed by atoms with Crippen molar-refractivity contribution in [3.63, 3.8) is 0 Å². The second-order valence-electron chi connectivity index (χ2n) is 9.18. The van der Waals surface area contributed by atoms with Crippen molar-refractivity contribution in [2.45, 2.75) is 6.92 Å². The summed E-state index contributed by atoms with van der Waals surface area (Å²) in [5.41, 5.74) is 3.84. The summed E-state index contributed by atoms with van der Waals surface area (Å²) < 4.78 is 14.1. The monoisotopic (exact) mass is 478 g/mol. The lowest BCUT2D eigenvalue weighted by atomic mass is 10.1. The summed E-state index contributed by atoms with van der Waals surface area (Å²) in [5.74, 6) is 0.884. The van der Waals surface area contributed by atoms with Gasteiger partial charge in [-0.05, 0) is 68.2 Å². The lowest BCUT2D eigenvalue weighted by Crippen LogP contribution is -2.50. The number of benzene rings is 2. The van der Waals surface area contributed by atoms with Gasteiger partial charge in [-0.3, -0.25) is 0 Å². The van der Waals surface area contributed by atoms with Crippen LogP contribution >= 0.6 is 12.2 Å². The molecule has 0 bridgehead atoms. The van der Waals surface area contributed by atoms with Gasteiger partial charge in [0.1, 0.15) is 11.6 Å². The van der Waals surface area contributed by atoms with Crippen LogP contribution in [0.25, 0.3) is 10.9 Å². The zero-order chi connectivity index (χ0) is 23.7. The van der Waals surface area contributed by atoms with Gasteiger partial charge in [0.15, 0.2) is 5.11 Å². The van der Waals surface area contributed by atoms with E-state index in [1.807, 2.05) is 18.2 Å². The number of rotatable bonds is 3. The number of likely N-dealkylation sites (N-methyl/N-ethyl adjacent to an activating group) is 1. The fraction of sp³-hybridized carbons (Fsp3) is 0.385. The normalized spacial score (nSPS) is 17.3. The maximum absolute atomic E-state index is 14.1. The molecular weight excluding hydrogens is 447 g/mol. The van der Waals surface area contributed by atoms with Crippen molar-refractivity contribution in [3.8, 4) is 0 Å². The average molecular weight is 479 g/mol. The quantitative estimate of drug-likeness (QED) is 0.572. The molecule has 8 heteroatoms. The molecule has 5 rings (SSSR count). The summed E-state index contributed by atoms with van der Waals surface area (Å²) >= 11 is 5.70. The number of nitrogens with zero attached hydrogens (tertiary/aromatic N) is 5. The molecule has 1 N–H and O–H groups in total. The zero-order valence-electron chi connectivity index (χ0n) is 19.8. The Kier molecular flexibility index (Phi) is 6.52. The van der Waals surface area contributed by atoms with E-state index in [1.54, 1.807) is 6.07 Å². The molecule has 2 aliphatic heterocycles. The molecule has 2 saturated heterocycles. The largest absolute Gasteiger partial charge is 0.366 e. The van der Waals surface area contributed by atoms with E-state index in [2.05, 4.69) is 57.1 Å². The van der Waals surface area contributed by atoms with Crippen LogP contribution < -0.4 is 15.1 Å². The minimum atomic E-state index is -0.174. The highest BCUT2D eigenvalue weighted by atomic mass is 32.1. The molecular formula is C26H31FN6S. The van der Waals surface area contributed by atoms with E-state index in [4.69, 9.17) is 17.2 Å². The highest BCUT2D eigenvalue weighted by Crippen LogP contribution is 2.26. The molecule has 3 aromatic rings. The smallest absolute Gasteiger partial charge is 0.173 e. The Morgan fingerprint density at radius 1 is 0.912 bits per heavy atom. The molecule has 0 amide bonds. The van der Waals surface area contributed by atoms with Crippen molar-refractivity contribution < 1.29 is 4.39 Å². The minimum Gasteiger partial charge on any atom is -0.366 e. The van der Waals surface area contributed by atoms with Crippen LogP contribution in [0.1, 0.15) is 5.56 Å². The van der Waals surface area contributed by atoms with E-state index in [0.717, 1.165) is 74.8 Å². The fourth-order valence-electron chi connectivity index (χ4n) is 4.71. The molecule has 34 heavy (non-hydrogen) atoms. The molecule has 2 aromatic carbocycles. The second-order valence-corrected chi connectivity index (χ2v) is 9.56. The molecule has 0 unspecified atom stereocenters. The number of anilines is 3. The number of hydrogen-bond acceptors (Lipinski definition) is 5. The number of nitrogens with one attached hydrogen (secondary N) is 1. The Bertz CT molecular complexity index is 1190. The van der Waals surface area contributed by atoms with Crippen LogP contribution in [-0.4, -0.2) is 79.3 Å². The van der Waals surface area contributed by atoms with Crippen molar-refractivity contribution in [2.24, 2.45) is 0 Å². The molecule has 0 atom stereocenters. The van der Waals surface area contributed by atoms with Crippen LogP contribution in [0.2, 0.25) is 0 Å². The van der Waals surface area contributed by atoms with E-state index in [0.29, 0.717) is 10.8 Å². The molecule has 3 heterocycles. The molecule has 0 radical (unpaired) electrons. The molecule has 0 aliphatic carbocycles. The Morgan fingerprint density at radius 3 is 2.35 bits per heavy atom. The van der Waals surface area contributed by atoms with Gasteiger partial charge >= 0.3 is 0 Å². The summed E-state index contributed by atoms with van der Waals surface area (Å²) in [6.45, 7) is 9.26. The number of fused-ring (bicyclic) bond motifs is 1. The van der Waals surface area contributed by atoms with Crippen molar-refractivity contribution in [1.29, 1.82) is 0 Å². The van der Waals surface area contributed by atoms with Gasteiger partial charge in [0.05, 0.1) is 11.2 Å². The van der Waals surface area contributed by atoms with Crippen molar-refractivity contribution in [3.05, 3.63) is 59.9 Å². The minimum absolute atomic E-state index is 0.174. The number of piperazine rings is 2. The van der Waals surface area contributed by atoms with Gasteiger partial charge in [-0.1, -0.05) is 12.1 Å². The molecule has 0 saturated carbocycles. The second kappa shape index (κ2) is 9.72. The van der Waals surface area contributed by atoms with Crippen LogP contribution in [-0.2, 0) is 0 Å². The predicted molar refractivity (Wildman–Crippen MR) is 143 cm³/mol. The Labute approximate surface area is 206 Å². The third kappa shape index (κ3) is 4.79. The van der Waals surface area contributed by atoms with E-state index < -0.39 is 0 Å². The topological polar surface area (TPSA) is 37.9 Å². The number of hydrogen-bond donors (Lipinski definition) is 1. The van der Waals surface area contributed by atoms with E-state index >= 15 is 0 Å². The van der Waals surface area contributed by atoms with Crippen LogP contribution in [0, 0.1) is 12.7 Å². The Hall–Kier alpha value is -2.97. The number of pyridine rings is 1. The van der Waals surface area contributed by atoms with Gasteiger partial charge in [0.2, 0.25) is 0 Å². The standard InChI is InChI=1S/C26H31FN6S/c1-19-17-25(32-11-9-30(2)10-12-32)29-23-8-7-20(18-21(19)23)28-26(34)33-15-13-31(14-16-33)24-6-4-3-5-22(24)27/h3-8,17-18H,9-16H2,1-2H3,(H,28,34). The van der Waals surface area contributed by atoms with E-state index in [-0.39, 0.29) is 5.82 Å². The summed E-state index contributed by atoms with van der Waals surface area (Å²) in [4.78, 5) is 13.9. The van der Waals surface area contributed by atoms with Crippen molar-refractivity contribution in [1.82, 2.24) is 14.8 Å². The van der Waals surface area contributed by atoms with E-state index in [9.17, 15) is 4.39 Å². The first-order valence-corrected chi connectivity index (χ1v) is 12.3. The van der Waals surface area contributed by atoms with Gasteiger partial charge in [-0.15, -0.1) is 0 Å². The van der Waals surface area contributed by atoms with E-state index in [1.165, 1.54) is 11.6 Å². The number of aromatic nitrogens is 1. The SMILES string of the molecule is Cc1cc(N2CCN(C)CC2)nc2ccc(NC(=S)N3CCN(c4ccccc4F)CC3)cc12. The third-order valence-electron chi connectivity index (χ3n) is 6.84. The molecule has 6 nitrogen and oxygen atoms in total. The first-order chi connectivity index (χ1) is 16.5. The molecule has 0 spiro atoms. The molecule has 178 valence electrons. The highest BCUT2D eigenvalue weighted by molar-refractivity contribution is 7.80. The number of halogens is 1. The summed E-state index contributed by atoms with van der Waals surface area (Å²) in [7, 11) is 2.17. The average Bonchev–Trinajstić information content (AvgIpc) is 2.85. The first-order valence-electron chi connectivity index (χ1n) is 11.9. The third-order valence-corrected chi connectivity index (χ3v) is 7.20. The number of thiocarbonyl (C=S) groups is 1. The summed E-state index contributed by atoms with van der Waals surface area (Å²) in [5, 5.41) is 5.24. The van der Waals surface area contributed by atoms with Gasteiger partial charge in [0.25, 0.3) is 0 Å². The van der Waals surface area contributed by atoms with Gasteiger partial charge in [-0.25, -0.2) is 9.37 Å². The highest BCUT2D eigenvalue weighted by Gasteiger charge is 2.21. The fourth-order valence-corrected chi connectivity index (χ4v) is 5.01.